The summed E-state index contributed by atoms with van der Waals surface area (Å²) >= 11 is 0. The Bertz CT molecular complexity index is 919. The van der Waals surface area contributed by atoms with Crippen molar-refractivity contribution in [1.29, 1.82) is 0 Å². The number of fused-ring (bicyclic) bond motifs is 1. The summed E-state index contributed by atoms with van der Waals surface area (Å²) in [6.45, 7) is 1.57. The summed E-state index contributed by atoms with van der Waals surface area (Å²) in [5.41, 5.74) is -0.474. The van der Waals surface area contributed by atoms with Crippen LogP contribution in [0.2, 0.25) is 0 Å². The normalized spacial score (nSPS) is 10.9. The van der Waals surface area contributed by atoms with Crippen molar-refractivity contribution in [1.82, 2.24) is 0 Å². The van der Waals surface area contributed by atoms with Gasteiger partial charge in [0.05, 0.1) is 5.56 Å². The highest BCUT2D eigenvalue weighted by Crippen LogP contribution is 2.25. The van der Waals surface area contributed by atoms with Crippen LogP contribution in [0.4, 0.5) is 0 Å². The maximum atomic E-state index is 12.0. The molecule has 3 aromatic rings. The Kier molecular flexibility index (Phi) is 3.10. The summed E-state index contributed by atoms with van der Waals surface area (Å²) in [5, 5.41) is 10.1. The van der Waals surface area contributed by atoms with Gasteiger partial charge in [-0.1, -0.05) is 30.3 Å². The Morgan fingerprint density at radius 2 is 1.76 bits per heavy atom. The fourth-order valence-corrected chi connectivity index (χ4v) is 2.24. The average molecular weight is 284 g/mol. The highest BCUT2D eigenvalue weighted by atomic mass is 16.4. The zero-order chi connectivity index (χ0) is 15.0. The number of aryl methyl sites for hydroxylation is 1. The monoisotopic (exact) mass is 284 g/mol. The van der Waals surface area contributed by atoms with E-state index in [0.29, 0.717) is 5.76 Å². The molecule has 106 valence electrons. The first-order valence-electron chi connectivity index (χ1n) is 6.39. The van der Waals surface area contributed by atoms with Crippen molar-refractivity contribution in [2.24, 2.45) is 0 Å². The van der Waals surface area contributed by atoms with Gasteiger partial charge < -0.3 is 13.9 Å². The van der Waals surface area contributed by atoms with Crippen LogP contribution in [0.25, 0.3) is 11.0 Å². The highest BCUT2D eigenvalue weighted by molar-refractivity contribution is 5.82. The Balaban J connectivity index is 2.25. The molecular formula is C16H12O5. The standard InChI is InChI=1S/C16H12O5/c1-9-7-12-13(16(19)20-9)14(17)11(15(18)21-12)8-10-5-3-2-4-6-10/h2-7,17H,8H2,1H3. The second-order valence-corrected chi connectivity index (χ2v) is 4.76. The molecule has 5 nitrogen and oxygen atoms in total. The van der Waals surface area contributed by atoms with Gasteiger partial charge in [0.2, 0.25) is 0 Å². The zero-order valence-electron chi connectivity index (χ0n) is 11.3. The van der Waals surface area contributed by atoms with E-state index in [2.05, 4.69) is 0 Å². The van der Waals surface area contributed by atoms with Crippen molar-refractivity contribution in [2.75, 3.05) is 0 Å². The number of hydrogen-bond acceptors (Lipinski definition) is 5. The Morgan fingerprint density at radius 3 is 2.48 bits per heavy atom. The van der Waals surface area contributed by atoms with Gasteiger partial charge in [0.15, 0.2) is 5.58 Å². The summed E-state index contributed by atoms with van der Waals surface area (Å²) in [4.78, 5) is 23.9. The van der Waals surface area contributed by atoms with Crippen molar-refractivity contribution in [3.8, 4) is 5.75 Å². The molecule has 21 heavy (non-hydrogen) atoms. The van der Waals surface area contributed by atoms with Crippen LogP contribution in [0.3, 0.4) is 0 Å². The molecule has 1 N–H and O–H groups in total. The molecule has 0 bridgehead atoms. The summed E-state index contributed by atoms with van der Waals surface area (Å²) in [6.07, 6.45) is 0.179. The molecule has 0 saturated carbocycles. The van der Waals surface area contributed by atoms with E-state index in [0.717, 1.165) is 5.56 Å². The first-order valence-corrected chi connectivity index (χ1v) is 6.39. The lowest BCUT2D eigenvalue weighted by molar-refractivity contribution is 0.442. The van der Waals surface area contributed by atoms with E-state index < -0.39 is 11.3 Å². The lowest BCUT2D eigenvalue weighted by atomic mass is 10.0. The number of benzene rings is 1. The maximum absolute atomic E-state index is 12.0. The van der Waals surface area contributed by atoms with Crippen LogP contribution >= 0.6 is 0 Å². The molecule has 2 aromatic heterocycles. The van der Waals surface area contributed by atoms with Crippen LogP contribution in [-0.2, 0) is 6.42 Å². The van der Waals surface area contributed by atoms with Crippen LogP contribution < -0.4 is 11.3 Å². The summed E-state index contributed by atoms with van der Waals surface area (Å²) in [5.74, 6) is -0.0651. The van der Waals surface area contributed by atoms with Crippen molar-refractivity contribution >= 4 is 11.0 Å². The molecule has 3 rings (SSSR count). The average Bonchev–Trinajstić information content (AvgIpc) is 2.43. The number of hydrogen-bond donors (Lipinski definition) is 1. The van der Waals surface area contributed by atoms with Gasteiger partial charge in [0, 0.05) is 12.5 Å². The minimum atomic E-state index is -0.722. The quantitative estimate of drug-likeness (QED) is 0.781. The van der Waals surface area contributed by atoms with Crippen molar-refractivity contribution in [3.05, 3.63) is 74.1 Å². The predicted octanol–water partition coefficient (Wildman–Crippen LogP) is 2.35. The Morgan fingerprint density at radius 1 is 1.05 bits per heavy atom. The second kappa shape index (κ2) is 4.94. The molecule has 0 aliphatic heterocycles. The zero-order valence-corrected chi connectivity index (χ0v) is 11.3. The van der Waals surface area contributed by atoms with Crippen molar-refractivity contribution in [2.45, 2.75) is 13.3 Å². The SMILES string of the molecule is Cc1cc2oc(=O)c(Cc3ccccc3)c(O)c2c(=O)o1. The first-order chi connectivity index (χ1) is 10.1. The molecule has 0 unspecified atom stereocenters. The second-order valence-electron chi connectivity index (χ2n) is 4.76. The Hall–Kier alpha value is -2.82. The van der Waals surface area contributed by atoms with Crippen LogP contribution in [0.15, 0.2) is 54.8 Å². The van der Waals surface area contributed by atoms with Crippen LogP contribution in [-0.4, -0.2) is 5.11 Å². The third-order valence-corrected chi connectivity index (χ3v) is 3.23. The molecule has 0 aliphatic carbocycles. The minimum Gasteiger partial charge on any atom is -0.506 e. The van der Waals surface area contributed by atoms with E-state index >= 15 is 0 Å². The van der Waals surface area contributed by atoms with Gasteiger partial charge in [0.25, 0.3) is 0 Å². The molecule has 0 spiro atoms. The highest BCUT2D eigenvalue weighted by Gasteiger charge is 2.18. The summed E-state index contributed by atoms with van der Waals surface area (Å²) in [7, 11) is 0. The van der Waals surface area contributed by atoms with Gasteiger partial charge >= 0.3 is 11.3 Å². The first kappa shape index (κ1) is 13.2. The van der Waals surface area contributed by atoms with E-state index in [1.165, 1.54) is 6.07 Å². The molecule has 0 fully saturated rings. The molecule has 0 saturated heterocycles. The van der Waals surface area contributed by atoms with E-state index in [4.69, 9.17) is 8.83 Å². The topological polar surface area (TPSA) is 80.6 Å². The summed E-state index contributed by atoms with van der Waals surface area (Å²) in [6, 6.07) is 10.6. The van der Waals surface area contributed by atoms with Gasteiger partial charge in [-0.3, -0.25) is 0 Å². The van der Waals surface area contributed by atoms with E-state index in [1.54, 1.807) is 6.92 Å². The van der Waals surface area contributed by atoms with Gasteiger partial charge in [-0.2, -0.15) is 0 Å². The van der Waals surface area contributed by atoms with Gasteiger partial charge in [-0.25, -0.2) is 9.59 Å². The third-order valence-electron chi connectivity index (χ3n) is 3.23. The lowest BCUT2D eigenvalue weighted by Crippen LogP contribution is -2.12. The molecule has 5 heteroatoms. The fourth-order valence-electron chi connectivity index (χ4n) is 2.24. The van der Waals surface area contributed by atoms with Gasteiger partial charge in [-0.05, 0) is 12.5 Å². The van der Waals surface area contributed by atoms with Crippen molar-refractivity contribution in [3.63, 3.8) is 0 Å². The van der Waals surface area contributed by atoms with E-state index in [-0.39, 0.29) is 28.7 Å². The van der Waals surface area contributed by atoms with Crippen LogP contribution in [0, 0.1) is 6.92 Å². The predicted molar refractivity (Wildman–Crippen MR) is 76.7 cm³/mol. The van der Waals surface area contributed by atoms with Crippen LogP contribution in [0.1, 0.15) is 16.9 Å². The maximum Gasteiger partial charge on any atom is 0.350 e. The fraction of sp³-hybridized carbons (Fsp3) is 0.125. The van der Waals surface area contributed by atoms with Gasteiger partial charge in [0.1, 0.15) is 16.9 Å². The number of rotatable bonds is 2. The lowest BCUT2D eigenvalue weighted by Gasteiger charge is -2.06. The molecule has 0 atom stereocenters. The van der Waals surface area contributed by atoms with Gasteiger partial charge in [-0.15, -0.1) is 0 Å². The molecule has 0 amide bonds. The Labute approximate surface area is 119 Å². The summed E-state index contributed by atoms with van der Waals surface area (Å²) < 4.78 is 10.1. The molecule has 2 heterocycles. The molecular weight excluding hydrogens is 272 g/mol. The van der Waals surface area contributed by atoms with Crippen LogP contribution in [0.5, 0.6) is 5.75 Å². The van der Waals surface area contributed by atoms with E-state index in [9.17, 15) is 14.7 Å². The minimum absolute atomic E-state index is 0.0306. The largest absolute Gasteiger partial charge is 0.506 e. The van der Waals surface area contributed by atoms with E-state index in [1.807, 2.05) is 30.3 Å². The molecule has 1 aromatic carbocycles. The number of aromatic hydroxyl groups is 1. The molecule has 0 radical (unpaired) electrons. The third kappa shape index (κ3) is 2.33. The van der Waals surface area contributed by atoms with Crippen molar-refractivity contribution < 1.29 is 13.9 Å². The smallest absolute Gasteiger partial charge is 0.350 e. The molecule has 0 aliphatic rings.